The lowest BCUT2D eigenvalue weighted by Gasteiger charge is -2.35. The maximum atomic E-state index is 3.77. The third-order valence-electron chi connectivity index (χ3n) is 4.87. The van der Waals surface area contributed by atoms with Crippen LogP contribution in [-0.2, 0) is 0 Å². The molecule has 1 aliphatic heterocycles. The molecule has 0 radical (unpaired) electrons. The molecule has 1 N–H and O–H groups in total. The molecule has 2 fully saturated rings. The topological polar surface area (TPSA) is 15.3 Å². The average molecular weight is 252 g/mol. The highest BCUT2D eigenvalue weighted by Gasteiger charge is 2.26. The zero-order chi connectivity index (χ0) is 12.8. The van der Waals surface area contributed by atoms with Crippen LogP contribution in [0.3, 0.4) is 0 Å². The number of hydrogen-bond donors (Lipinski definition) is 1. The van der Waals surface area contributed by atoms with Gasteiger partial charge in [-0.2, -0.15) is 0 Å². The Morgan fingerprint density at radius 2 is 1.72 bits per heavy atom. The molecule has 2 aliphatic rings. The maximum absolute atomic E-state index is 3.77. The van der Waals surface area contributed by atoms with Crippen LogP contribution < -0.4 is 5.32 Å². The van der Waals surface area contributed by atoms with Gasteiger partial charge in [-0.05, 0) is 76.5 Å². The predicted octanol–water partition coefficient (Wildman–Crippen LogP) is 3.42. The minimum atomic E-state index is 0.603. The lowest BCUT2D eigenvalue weighted by Crippen LogP contribution is -2.37. The van der Waals surface area contributed by atoms with Crippen molar-refractivity contribution in [1.29, 1.82) is 0 Å². The van der Waals surface area contributed by atoms with Gasteiger partial charge in [0.2, 0.25) is 0 Å². The molecular formula is C16H32N2. The summed E-state index contributed by atoms with van der Waals surface area (Å²) in [5.41, 5.74) is 0.603. The Balaban J connectivity index is 1.50. The van der Waals surface area contributed by atoms with E-state index in [2.05, 4.69) is 24.1 Å². The number of nitrogens with zero attached hydrogens (tertiary/aromatic N) is 1. The van der Waals surface area contributed by atoms with Crippen LogP contribution in [0.5, 0.6) is 0 Å². The van der Waals surface area contributed by atoms with Gasteiger partial charge in [-0.1, -0.05) is 20.3 Å². The van der Waals surface area contributed by atoms with Crippen molar-refractivity contribution in [1.82, 2.24) is 10.2 Å². The van der Waals surface area contributed by atoms with Gasteiger partial charge >= 0.3 is 0 Å². The van der Waals surface area contributed by atoms with E-state index in [9.17, 15) is 0 Å². The van der Waals surface area contributed by atoms with E-state index in [-0.39, 0.29) is 0 Å². The van der Waals surface area contributed by atoms with Gasteiger partial charge in [-0.3, -0.25) is 0 Å². The molecule has 18 heavy (non-hydrogen) atoms. The Bertz CT molecular complexity index is 221. The zero-order valence-corrected chi connectivity index (χ0v) is 12.5. The van der Waals surface area contributed by atoms with Crippen molar-refractivity contribution in [2.45, 2.75) is 71.3 Å². The second kappa shape index (κ2) is 6.91. The lowest BCUT2D eigenvalue weighted by molar-refractivity contribution is 0.199. The molecule has 0 spiro atoms. The van der Waals surface area contributed by atoms with E-state index in [0.29, 0.717) is 5.41 Å². The molecule has 0 amide bonds. The zero-order valence-electron chi connectivity index (χ0n) is 12.5. The Kier molecular flexibility index (Phi) is 5.50. The number of rotatable bonds is 5. The summed E-state index contributed by atoms with van der Waals surface area (Å²) in [5, 5.41) is 3.77. The van der Waals surface area contributed by atoms with Crippen LogP contribution in [0.4, 0.5) is 0 Å². The van der Waals surface area contributed by atoms with Gasteiger partial charge < -0.3 is 10.2 Å². The lowest BCUT2D eigenvalue weighted by atomic mass is 9.75. The molecule has 1 aliphatic carbocycles. The van der Waals surface area contributed by atoms with E-state index in [1.807, 2.05) is 0 Å². The molecule has 0 unspecified atom stereocenters. The van der Waals surface area contributed by atoms with E-state index in [0.717, 1.165) is 6.04 Å². The fourth-order valence-electron chi connectivity index (χ4n) is 3.40. The van der Waals surface area contributed by atoms with Crippen LogP contribution in [0, 0.1) is 5.41 Å². The van der Waals surface area contributed by atoms with Crippen molar-refractivity contribution in [2.75, 3.05) is 26.2 Å². The minimum Gasteiger partial charge on any atom is -0.314 e. The van der Waals surface area contributed by atoms with Gasteiger partial charge in [-0.15, -0.1) is 0 Å². The minimum absolute atomic E-state index is 0.603. The van der Waals surface area contributed by atoms with E-state index in [1.165, 1.54) is 77.5 Å². The van der Waals surface area contributed by atoms with Crippen LogP contribution in [-0.4, -0.2) is 37.1 Å². The fourth-order valence-corrected chi connectivity index (χ4v) is 3.40. The molecule has 2 nitrogen and oxygen atoms in total. The smallest absolute Gasteiger partial charge is 0.00674 e. The van der Waals surface area contributed by atoms with Crippen LogP contribution in [0.1, 0.15) is 65.2 Å². The molecule has 0 aromatic rings. The van der Waals surface area contributed by atoms with E-state index in [4.69, 9.17) is 0 Å². The van der Waals surface area contributed by atoms with Crippen LogP contribution >= 0.6 is 0 Å². The third kappa shape index (κ3) is 4.89. The monoisotopic (exact) mass is 252 g/mol. The Morgan fingerprint density at radius 3 is 2.39 bits per heavy atom. The second-order valence-electron chi connectivity index (χ2n) is 7.15. The molecule has 2 rings (SSSR count). The van der Waals surface area contributed by atoms with E-state index in [1.54, 1.807) is 0 Å². The first-order valence-corrected chi connectivity index (χ1v) is 8.11. The summed E-state index contributed by atoms with van der Waals surface area (Å²) in [6, 6.07) is 0.805. The largest absolute Gasteiger partial charge is 0.314 e. The molecule has 0 bridgehead atoms. The summed E-state index contributed by atoms with van der Waals surface area (Å²) < 4.78 is 0. The SMILES string of the molecule is CC1(C)CCC(NCCCN2CCCCC2)CC1. The summed E-state index contributed by atoms with van der Waals surface area (Å²) in [4.78, 5) is 2.65. The van der Waals surface area contributed by atoms with Gasteiger partial charge in [0.05, 0.1) is 0 Å². The standard InChI is InChI=1S/C16H32N2/c1-16(2)9-7-15(8-10-16)17-11-6-14-18-12-4-3-5-13-18/h15,17H,3-14H2,1-2H3. The molecule has 106 valence electrons. The number of nitrogens with one attached hydrogen (secondary N) is 1. The van der Waals surface area contributed by atoms with Crippen molar-refractivity contribution in [2.24, 2.45) is 5.41 Å². The first kappa shape index (κ1) is 14.3. The molecular weight excluding hydrogens is 220 g/mol. The predicted molar refractivity (Wildman–Crippen MR) is 78.9 cm³/mol. The van der Waals surface area contributed by atoms with E-state index < -0.39 is 0 Å². The molecule has 1 saturated carbocycles. The van der Waals surface area contributed by atoms with Gasteiger partial charge in [0.15, 0.2) is 0 Å². The summed E-state index contributed by atoms with van der Waals surface area (Å²) in [6.07, 6.45) is 11.2. The number of hydrogen-bond acceptors (Lipinski definition) is 2. The summed E-state index contributed by atoms with van der Waals surface area (Å²) in [5.74, 6) is 0. The Labute approximate surface area is 114 Å². The molecule has 0 aromatic heterocycles. The third-order valence-corrected chi connectivity index (χ3v) is 4.87. The number of piperidine rings is 1. The second-order valence-corrected chi connectivity index (χ2v) is 7.15. The Hall–Kier alpha value is -0.0800. The summed E-state index contributed by atoms with van der Waals surface area (Å²) >= 11 is 0. The van der Waals surface area contributed by atoms with Crippen LogP contribution in [0.25, 0.3) is 0 Å². The highest BCUT2D eigenvalue weighted by atomic mass is 15.1. The van der Waals surface area contributed by atoms with Crippen molar-refractivity contribution in [3.8, 4) is 0 Å². The molecule has 0 aromatic carbocycles. The molecule has 2 heteroatoms. The Morgan fingerprint density at radius 1 is 1.06 bits per heavy atom. The average Bonchev–Trinajstić information content (AvgIpc) is 2.37. The van der Waals surface area contributed by atoms with Crippen molar-refractivity contribution in [3.63, 3.8) is 0 Å². The number of likely N-dealkylation sites (tertiary alicyclic amines) is 1. The summed E-state index contributed by atoms with van der Waals surface area (Å²) in [6.45, 7) is 10.1. The highest BCUT2D eigenvalue weighted by molar-refractivity contribution is 4.82. The van der Waals surface area contributed by atoms with Crippen molar-refractivity contribution < 1.29 is 0 Å². The molecule has 1 saturated heterocycles. The van der Waals surface area contributed by atoms with Gasteiger partial charge in [0.1, 0.15) is 0 Å². The van der Waals surface area contributed by atoms with Gasteiger partial charge in [0.25, 0.3) is 0 Å². The fraction of sp³-hybridized carbons (Fsp3) is 1.00. The maximum Gasteiger partial charge on any atom is 0.00674 e. The van der Waals surface area contributed by atoms with Crippen LogP contribution in [0.2, 0.25) is 0 Å². The van der Waals surface area contributed by atoms with Crippen molar-refractivity contribution in [3.05, 3.63) is 0 Å². The molecule has 1 heterocycles. The summed E-state index contributed by atoms with van der Waals surface area (Å²) in [7, 11) is 0. The van der Waals surface area contributed by atoms with Gasteiger partial charge in [-0.25, -0.2) is 0 Å². The van der Waals surface area contributed by atoms with E-state index >= 15 is 0 Å². The quantitative estimate of drug-likeness (QED) is 0.754. The normalized spacial score (nSPS) is 26.3. The first-order chi connectivity index (χ1) is 8.66. The van der Waals surface area contributed by atoms with Gasteiger partial charge in [0, 0.05) is 6.04 Å². The van der Waals surface area contributed by atoms with Crippen molar-refractivity contribution >= 4 is 0 Å². The van der Waals surface area contributed by atoms with Crippen LogP contribution in [0.15, 0.2) is 0 Å². The first-order valence-electron chi connectivity index (χ1n) is 8.11. The molecule has 0 atom stereocenters. The highest BCUT2D eigenvalue weighted by Crippen LogP contribution is 2.34.